The average Bonchev–Trinajstić information content (AvgIpc) is 3.21. The number of aromatic nitrogens is 1. The first-order valence-corrected chi connectivity index (χ1v) is 7.77. The fourth-order valence-corrected chi connectivity index (χ4v) is 3.95. The summed E-state index contributed by atoms with van der Waals surface area (Å²) in [5.74, 6) is -3.08. The number of fused-ring (bicyclic) bond motifs is 3. The molecule has 0 saturated heterocycles. The standard InChI is InChI=1S/C17H16N2O5/c1-19-11-5-4-10(7-12(11)24-17(19)23)18-15(20)13-8-2-3-9(6-8)14(13)16(21)22/h2-5,7-9,13-14H,6H2,1H3,(H,18,20)(H,21,22)/t8-,9-,13-,14+/m0/s1. The van der Waals surface area contributed by atoms with Gasteiger partial charge in [-0.25, -0.2) is 4.79 Å². The zero-order valence-electron chi connectivity index (χ0n) is 12.9. The SMILES string of the molecule is Cn1c(=O)oc2cc(NC(=O)[C@@H]3[C@H](C(=O)O)[C@H]4C=C[C@H]3C4)ccc21. The smallest absolute Gasteiger partial charge is 0.419 e. The first-order chi connectivity index (χ1) is 11.5. The Kier molecular flexibility index (Phi) is 3.13. The second-order valence-electron chi connectivity index (χ2n) is 6.44. The van der Waals surface area contributed by atoms with Crippen molar-refractivity contribution in [1.82, 2.24) is 4.57 Å². The van der Waals surface area contributed by atoms with Crippen LogP contribution in [0.15, 0.2) is 39.6 Å². The van der Waals surface area contributed by atoms with Crippen LogP contribution in [0.1, 0.15) is 6.42 Å². The number of benzene rings is 1. The van der Waals surface area contributed by atoms with Crippen LogP contribution in [0.2, 0.25) is 0 Å². The first kappa shape index (κ1) is 14.7. The van der Waals surface area contributed by atoms with Gasteiger partial charge in [-0.2, -0.15) is 0 Å². The number of nitrogens with one attached hydrogen (secondary N) is 1. The number of anilines is 1. The van der Waals surface area contributed by atoms with Gasteiger partial charge in [0.2, 0.25) is 5.91 Å². The molecule has 1 saturated carbocycles. The van der Waals surface area contributed by atoms with E-state index in [9.17, 15) is 19.5 Å². The van der Waals surface area contributed by atoms with E-state index >= 15 is 0 Å². The minimum Gasteiger partial charge on any atom is -0.481 e. The van der Waals surface area contributed by atoms with Crippen molar-refractivity contribution in [2.24, 2.45) is 30.7 Å². The van der Waals surface area contributed by atoms with E-state index in [4.69, 9.17) is 4.42 Å². The normalized spacial score (nSPS) is 27.7. The molecule has 1 heterocycles. The highest BCUT2D eigenvalue weighted by Crippen LogP contribution is 2.48. The van der Waals surface area contributed by atoms with Crippen molar-refractivity contribution in [3.8, 4) is 0 Å². The zero-order valence-corrected chi connectivity index (χ0v) is 12.9. The molecule has 0 unspecified atom stereocenters. The number of hydrogen-bond donors (Lipinski definition) is 2. The van der Waals surface area contributed by atoms with Gasteiger partial charge < -0.3 is 14.8 Å². The summed E-state index contributed by atoms with van der Waals surface area (Å²) < 4.78 is 6.48. The fourth-order valence-electron chi connectivity index (χ4n) is 3.95. The second kappa shape index (κ2) is 5.09. The van der Waals surface area contributed by atoms with E-state index in [0.717, 1.165) is 0 Å². The predicted molar refractivity (Wildman–Crippen MR) is 85.4 cm³/mol. The van der Waals surface area contributed by atoms with Crippen LogP contribution in [0.5, 0.6) is 0 Å². The summed E-state index contributed by atoms with van der Waals surface area (Å²) in [7, 11) is 1.60. The highest BCUT2D eigenvalue weighted by molar-refractivity contribution is 5.97. The summed E-state index contributed by atoms with van der Waals surface area (Å²) in [6, 6.07) is 4.94. The summed E-state index contributed by atoms with van der Waals surface area (Å²) in [5.41, 5.74) is 1.49. The maximum Gasteiger partial charge on any atom is 0.419 e. The number of aryl methyl sites for hydroxylation is 1. The van der Waals surface area contributed by atoms with Crippen LogP contribution in [0, 0.1) is 23.7 Å². The van der Waals surface area contributed by atoms with Crippen LogP contribution in [0.3, 0.4) is 0 Å². The first-order valence-electron chi connectivity index (χ1n) is 7.77. The molecule has 124 valence electrons. The number of carbonyl (C=O) groups excluding carboxylic acids is 1. The molecular weight excluding hydrogens is 312 g/mol. The van der Waals surface area contributed by atoms with Crippen LogP contribution < -0.4 is 11.1 Å². The van der Waals surface area contributed by atoms with Crippen molar-refractivity contribution >= 4 is 28.7 Å². The third-order valence-corrected chi connectivity index (χ3v) is 5.11. The lowest BCUT2D eigenvalue weighted by atomic mass is 9.82. The Hall–Kier alpha value is -2.83. The van der Waals surface area contributed by atoms with Gasteiger partial charge in [-0.05, 0) is 30.4 Å². The van der Waals surface area contributed by atoms with Crippen molar-refractivity contribution in [2.45, 2.75) is 6.42 Å². The van der Waals surface area contributed by atoms with Gasteiger partial charge in [-0.1, -0.05) is 12.2 Å². The lowest BCUT2D eigenvalue weighted by Crippen LogP contribution is -2.36. The van der Waals surface area contributed by atoms with Gasteiger partial charge in [0, 0.05) is 18.8 Å². The molecular formula is C17H16N2O5. The average molecular weight is 328 g/mol. The van der Waals surface area contributed by atoms with Crippen molar-refractivity contribution in [3.63, 3.8) is 0 Å². The van der Waals surface area contributed by atoms with Gasteiger partial charge in [-0.15, -0.1) is 0 Å². The Balaban J connectivity index is 1.61. The Bertz CT molecular complexity index is 938. The molecule has 4 atom stereocenters. The Labute approximate surface area is 136 Å². The molecule has 7 heteroatoms. The van der Waals surface area contributed by atoms with Crippen LogP contribution >= 0.6 is 0 Å². The van der Waals surface area contributed by atoms with Crippen molar-refractivity contribution in [1.29, 1.82) is 0 Å². The molecule has 0 spiro atoms. The Morgan fingerprint density at radius 2 is 1.96 bits per heavy atom. The predicted octanol–water partition coefficient (Wildman–Crippen LogP) is 1.59. The van der Waals surface area contributed by atoms with E-state index in [-0.39, 0.29) is 17.7 Å². The fraction of sp³-hybridized carbons (Fsp3) is 0.353. The van der Waals surface area contributed by atoms with Crippen LogP contribution in [-0.2, 0) is 16.6 Å². The third kappa shape index (κ3) is 2.08. The molecule has 2 aliphatic carbocycles. The van der Waals surface area contributed by atoms with E-state index in [2.05, 4.69) is 5.32 Å². The van der Waals surface area contributed by atoms with Crippen molar-refractivity contribution in [3.05, 3.63) is 40.9 Å². The topological polar surface area (TPSA) is 102 Å². The monoisotopic (exact) mass is 328 g/mol. The number of hydrogen-bond acceptors (Lipinski definition) is 4. The van der Waals surface area contributed by atoms with E-state index in [1.807, 2.05) is 12.2 Å². The van der Waals surface area contributed by atoms with Gasteiger partial charge in [0.1, 0.15) is 0 Å². The minimum absolute atomic E-state index is 0.0329. The molecule has 1 fully saturated rings. The molecule has 1 aromatic heterocycles. The number of oxazole rings is 1. The number of carboxylic acid groups (broad SMARTS) is 1. The Morgan fingerprint density at radius 1 is 1.25 bits per heavy atom. The summed E-state index contributed by atoms with van der Waals surface area (Å²) in [5, 5.41) is 12.2. The maximum atomic E-state index is 12.6. The molecule has 0 radical (unpaired) electrons. The molecule has 4 rings (SSSR count). The summed E-state index contributed by atoms with van der Waals surface area (Å²) in [4.78, 5) is 35.7. The van der Waals surface area contributed by atoms with E-state index < -0.39 is 23.6 Å². The Morgan fingerprint density at radius 3 is 2.67 bits per heavy atom. The second-order valence-corrected chi connectivity index (χ2v) is 6.44. The molecule has 7 nitrogen and oxygen atoms in total. The van der Waals surface area contributed by atoms with E-state index in [1.165, 1.54) is 4.57 Å². The van der Waals surface area contributed by atoms with Gasteiger partial charge in [-0.3, -0.25) is 14.2 Å². The largest absolute Gasteiger partial charge is 0.481 e. The van der Waals surface area contributed by atoms with Gasteiger partial charge in [0.15, 0.2) is 5.58 Å². The lowest BCUT2D eigenvalue weighted by molar-refractivity contribution is -0.146. The summed E-state index contributed by atoms with van der Waals surface area (Å²) in [6.07, 6.45) is 4.55. The molecule has 2 aromatic rings. The molecule has 2 N–H and O–H groups in total. The molecule has 2 aliphatic rings. The number of carboxylic acids is 1. The molecule has 2 bridgehead atoms. The third-order valence-electron chi connectivity index (χ3n) is 5.11. The van der Waals surface area contributed by atoms with Gasteiger partial charge in [0.25, 0.3) is 0 Å². The van der Waals surface area contributed by atoms with Crippen molar-refractivity contribution < 1.29 is 19.1 Å². The zero-order chi connectivity index (χ0) is 17.0. The highest BCUT2D eigenvalue weighted by atomic mass is 16.4. The number of carbonyl (C=O) groups is 2. The number of allylic oxidation sites excluding steroid dienone is 2. The molecule has 1 aromatic carbocycles. The van der Waals surface area contributed by atoms with Crippen LogP contribution in [0.25, 0.3) is 11.1 Å². The lowest BCUT2D eigenvalue weighted by Gasteiger charge is -2.23. The number of nitrogens with zero attached hydrogens (tertiary/aromatic N) is 1. The molecule has 1 amide bonds. The van der Waals surface area contributed by atoms with Crippen LogP contribution in [0.4, 0.5) is 5.69 Å². The highest BCUT2D eigenvalue weighted by Gasteiger charge is 2.51. The summed E-state index contributed by atoms with van der Waals surface area (Å²) >= 11 is 0. The maximum absolute atomic E-state index is 12.6. The van der Waals surface area contributed by atoms with Crippen LogP contribution in [-0.4, -0.2) is 21.6 Å². The number of amides is 1. The molecule has 24 heavy (non-hydrogen) atoms. The quantitative estimate of drug-likeness (QED) is 0.833. The van der Waals surface area contributed by atoms with E-state index in [0.29, 0.717) is 23.2 Å². The number of rotatable bonds is 3. The van der Waals surface area contributed by atoms with E-state index in [1.54, 1.807) is 25.2 Å². The van der Waals surface area contributed by atoms with Crippen molar-refractivity contribution in [2.75, 3.05) is 5.32 Å². The minimum atomic E-state index is -0.934. The van der Waals surface area contributed by atoms with Gasteiger partial charge >= 0.3 is 11.7 Å². The summed E-state index contributed by atoms with van der Waals surface area (Å²) in [6.45, 7) is 0. The number of aliphatic carboxylic acids is 1. The molecule has 0 aliphatic heterocycles. The van der Waals surface area contributed by atoms with Gasteiger partial charge in [0.05, 0.1) is 17.4 Å².